The summed E-state index contributed by atoms with van der Waals surface area (Å²) >= 11 is 0. The van der Waals surface area contributed by atoms with Gasteiger partial charge in [-0.15, -0.1) is 0 Å². The first-order valence-electron chi connectivity index (χ1n) is 7.55. The lowest BCUT2D eigenvalue weighted by molar-refractivity contribution is -0.134. The molecule has 0 aromatic heterocycles. The zero-order valence-electron chi connectivity index (χ0n) is 12.0. The second kappa shape index (κ2) is 5.60. The molecule has 1 saturated heterocycles. The zero-order valence-corrected chi connectivity index (χ0v) is 12.0. The van der Waals surface area contributed by atoms with Crippen molar-refractivity contribution in [3.05, 3.63) is 0 Å². The summed E-state index contributed by atoms with van der Waals surface area (Å²) in [6, 6.07) is 0.377. The standard InChI is InChI=1S/C15H28N2O/c1-15(2)9-4-10-17(15)14(18)8-7-12-5-3-6-13(16)11-12/h12-13H,3-11,16H2,1-2H3. The van der Waals surface area contributed by atoms with Crippen LogP contribution in [0.25, 0.3) is 0 Å². The number of nitrogens with zero attached hydrogens (tertiary/aromatic N) is 1. The SMILES string of the molecule is CC1(C)CCCN1C(=O)CCC1CCCC(N)C1. The number of carbonyl (C=O) groups is 1. The van der Waals surface area contributed by atoms with E-state index in [1.165, 1.54) is 19.3 Å². The molecule has 1 aliphatic heterocycles. The average Bonchev–Trinajstić information content (AvgIpc) is 2.66. The van der Waals surface area contributed by atoms with Crippen LogP contribution in [0.3, 0.4) is 0 Å². The predicted octanol–water partition coefficient (Wildman–Crippen LogP) is 2.69. The molecule has 2 atom stereocenters. The van der Waals surface area contributed by atoms with Gasteiger partial charge in [0, 0.05) is 24.5 Å². The molecule has 0 aromatic carbocycles. The van der Waals surface area contributed by atoms with Gasteiger partial charge in [-0.05, 0) is 51.9 Å². The normalized spacial score (nSPS) is 31.6. The van der Waals surface area contributed by atoms with Gasteiger partial charge in [0.1, 0.15) is 0 Å². The minimum absolute atomic E-state index is 0.0834. The number of hydrogen-bond donors (Lipinski definition) is 1. The Balaban J connectivity index is 1.78. The summed E-state index contributed by atoms with van der Waals surface area (Å²) in [6.07, 6.45) is 8.87. The highest BCUT2D eigenvalue weighted by Gasteiger charge is 2.35. The molecule has 0 aromatic rings. The fraction of sp³-hybridized carbons (Fsp3) is 0.933. The molecule has 1 saturated carbocycles. The molecule has 0 spiro atoms. The van der Waals surface area contributed by atoms with Crippen molar-refractivity contribution in [1.82, 2.24) is 4.90 Å². The van der Waals surface area contributed by atoms with E-state index < -0.39 is 0 Å². The van der Waals surface area contributed by atoms with E-state index in [2.05, 4.69) is 18.7 Å². The molecule has 1 aliphatic carbocycles. The summed E-state index contributed by atoms with van der Waals surface area (Å²) in [5.74, 6) is 1.04. The maximum atomic E-state index is 12.3. The quantitative estimate of drug-likeness (QED) is 0.839. The molecule has 0 bridgehead atoms. The van der Waals surface area contributed by atoms with Crippen molar-refractivity contribution in [3.63, 3.8) is 0 Å². The Bertz CT molecular complexity index is 301. The molecule has 1 heterocycles. The van der Waals surface area contributed by atoms with E-state index in [0.717, 1.165) is 38.6 Å². The molecular formula is C15H28N2O. The van der Waals surface area contributed by atoms with E-state index in [1.807, 2.05) is 0 Å². The Labute approximate surface area is 111 Å². The number of amides is 1. The van der Waals surface area contributed by atoms with Gasteiger partial charge in [0.25, 0.3) is 0 Å². The van der Waals surface area contributed by atoms with Gasteiger partial charge in [0.2, 0.25) is 5.91 Å². The van der Waals surface area contributed by atoms with Gasteiger partial charge >= 0.3 is 0 Å². The maximum absolute atomic E-state index is 12.3. The van der Waals surface area contributed by atoms with Crippen LogP contribution in [0.2, 0.25) is 0 Å². The lowest BCUT2D eigenvalue weighted by Gasteiger charge is -2.33. The molecule has 2 rings (SSSR count). The summed E-state index contributed by atoms with van der Waals surface area (Å²) in [4.78, 5) is 14.4. The fourth-order valence-corrected chi connectivity index (χ4v) is 3.63. The first-order chi connectivity index (χ1) is 8.49. The van der Waals surface area contributed by atoms with E-state index in [0.29, 0.717) is 17.9 Å². The molecule has 2 aliphatic rings. The van der Waals surface area contributed by atoms with Crippen LogP contribution in [0.5, 0.6) is 0 Å². The lowest BCUT2D eigenvalue weighted by atomic mass is 9.83. The van der Waals surface area contributed by atoms with Crippen LogP contribution in [0.4, 0.5) is 0 Å². The predicted molar refractivity (Wildman–Crippen MR) is 74.2 cm³/mol. The number of carbonyl (C=O) groups excluding carboxylic acids is 1. The second-order valence-electron chi connectivity index (χ2n) is 6.79. The molecule has 2 unspecified atom stereocenters. The zero-order chi connectivity index (χ0) is 13.2. The van der Waals surface area contributed by atoms with Gasteiger partial charge in [-0.3, -0.25) is 4.79 Å². The van der Waals surface area contributed by atoms with Gasteiger partial charge in [-0.1, -0.05) is 12.8 Å². The van der Waals surface area contributed by atoms with Crippen LogP contribution < -0.4 is 5.73 Å². The first kappa shape index (κ1) is 13.9. The summed E-state index contributed by atoms with van der Waals surface area (Å²) < 4.78 is 0. The monoisotopic (exact) mass is 252 g/mol. The maximum Gasteiger partial charge on any atom is 0.223 e. The van der Waals surface area contributed by atoms with Gasteiger partial charge < -0.3 is 10.6 Å². The third kappa shape index (κ3) is 3.25. The van der Waals surface area contributed by atoms with Crippen molar-refractivity contribution in [2.75, 3.05) is 6.54 Å². The van der Waals surface area contributed by atoms with Gasteiger partial charge in [-0.2, -0.15) is 0 Å². The third-order valence-electron chi connectivity index (χ3n) is 4.79. The number of likely N-dealkylation sites (tertiary alicyclic amines) is 1. The number of nitrogens with two attached hydrogens (primary N) is 1. The van der Waals surface area contributed by atoms with Crippen molar-refractivity contribution in [2.24, 2.45) is 11.7 Å². The summed E-state index contributed by atoms with van der Waals surface area (Å²) in [5.41, 5.74) is 6.08. The molecule has 1 amide bonds. The van der Waals surface area contributed by atoms with Crippen molar-refractivity contribution in [1.29, 1.82) is 0 Å². The van der Waals surface area contributed by atoms with E-state index in [1.54, 1.807) is 0 Å². The molecule has 2 N–H and O–H groups in total. The van der Waals surface area contributed by atoms with Gasteiger partial charge in [0.15, 0.2) is 0 Å². The summed E-state index contributed by atoms with van der Waals surface area (Å²) in [7, 11) is 0. The second-order valence-corrected chi connectivity index (χ2v) is 6.79. The Kier molecular flexibility index (Phi) is 4.31. The highest BCUT2D eigenvalue weighted by Crippen LogP contribution is 2.31. The first-order valence-corrected chi connectivity index (χ1v) is 7.55. The molecule has 0 radical (unpaired) electrons. The van der Waals surface area contributed by atoms with Crippen LogP contribution in [-0.4, -0.2) is 28.9 Å². The van der Waals surface area contributed by atoms with Gasteiger partial charge in [-0.25, -0.2) is 0 Å². The minimum Gasteiger partial charge on any atom is -0.338 e. The lowest BCUT2D eigenvalue weighted by Crippen LogP contribution is -2.42. The average molecular weight is 252 g/mol. The molecule has 2 fully saturated rings. The van der Waals surface area contributed by atoms with E-state index in [-0.39, 0.29) is 5.54 Å². The van der Waals surface area contributed by atoms with Crippen molar-refractivity contribution in [2.45, 2.75) is 76.8 Å². The van der Waals surface area contributed by atoms with E-state index >= 15 is 0 Å². The molecule has 3 nitrogen and oxygen atoms in total. The van der Waals surface area contributed by atoms with Crippen LogP contribution in [0.1, 0.15) is 65.2 Å². The van der Waals surface area contributed by atoms with Crippen LogP contribution in [0, 0.1) is 5.92 Å². The van der Waals surface area contributed by atoms with Crippen molar-refractivity contribution >= 4 is 5.91 Å². The third-order valence-corrected chi connectivity index (χ3v) is 4.79. The summed E-state index contributed by atoms with van der Waals surface area (Å²) in [5, 5.41) is 0. The number of hydrogen-bond acceptors (Lipinski definition) is 2. The molecule has 18 heavy (non-hydrogen) atoms. The largest absolute Gasteiger partial charge is 0.338 e. The van der Waals surface area contributed by atoms with E-state index in [9.17, 15) is 4.79 Å². The highest BCUT2D eigenvalue weighted by atomic mass is 16.2. The number of rotatable bonds is 3. The minimum atomic E-state index is 0.0834. The van der Waals surface area contributed by atoms with Crippen LogP contribution >= 0.6 is 0 Å². The van der Waals surface area contributed by atoms with Gasteiger partial charge in [0.05, 0.1) is 0 Å². The van der Waals surface area contributed by atoms with Crippen LogP contribution in [-0.2, 0) is 4.79 Å². The fourth-order valence-electron chi connectivity index (χ4n) is 3.63. The van der Waals surface area contributed by atoms with Crippen molar-refractivity contribution < 1.29 is 4.79 Å². The highest BCUT2D eigenvalue weighted by molar-refractivity contribution is 5.77. The topological polar surface area (TPSA) is 46.3 Å². The molecular weight excluding hydrogens is 224 g/mol. The van der Waals surface area contributed by atoms with E-state index in [4.69, 9.17) is 5.73 Å². The molecule has 3 heteroatoms. The Hall–Kier alpha value is -0.570. The Morgan fingerprint density at radius 3 is 2.72 bits per heavy atom. The van der Waals surface area contributed by atoms with Crippen molar-refractivity contribution in [3.8, 4) is 0 Å². The van der Waals surface area contributed by atoms with Crippen LogP contribution in [0.15, 0.2) is 0 Å². The Morgan fingerprint density at radius 1 is 1.33 bits per heavy atom. The Morgan fingerprint density at radius 2 is 2.11 bits per heavy atom. The smallest absolute Gasteiger partial charge is 0.223 e. The summed E-state index contributed by atoms with van der Waals surface area (Å²) in [6.45, 7) is 5.33. The molecule has 104 valence electrons.